The van der Waals surface area contributed by atoms with Gasteiger partial charge in [-0.25, -0.2) is 19.4 Å². The summed E-state index contributed by atoms with van der Waals surface area (Å²) in [6.07, 6.45) is 4.48. The molecule has 0 radical (unpaired) electrons. The van der Waals surface area contributed by atoms with Crippen LogP contribution in [0.5, 0.6) is 0 Å². The Kier molecular flexibility index (Phi) is 2.92. The van der Waals surface area contributed by atoms with Crippen LogP contribution in [0.4, 0.5) is 0 Å². The first-order valence-corrected chi connectivity index (χ1v) is 6.54. The largest absolute Gasteiger partial charge is 0.478 e. The van der Waals surface area contributed by atoms with Gasteiger partial charge in [0.25, 0.3) is 0 Å². The maximum atomic E-state index is 11.0. The molecule has 0 aromatic carbocycles. The lowest BCUT2D eigenvalue weighted by Crippen LogP contribution is -2.03. The van der Waals surface area contributed by atoms with Crippen LogP contribution in [0.15, 0.2) is 24.0 Å². The van der Waals surface area contributed by atoms with Gasteiger partial charge in [-0.3, -0.25) is 0 Å². The molecule has 0 atom stereocenters. The number of pyridine rings is 1. The molecular formula is C11H7ClN4O2S. The summed E-state index contributed by atoms with van der Waals surface area (Å²) in [5, 5.41) is 16.6. The molecule has 0 saturated carbocycles. The van der Waals surface area contributed by atoms with Crippen LogP contribution in [0.1, 0.15) is 15.4 Å². The van der Waals surface area contributed by atoms with Gasteiger partial charge in [0, 0.05) is 17.8 Å². The number of aromatic nitrogens is 4. The second kappa shape index (κ2) is 4.60. The Labute approximate surface area is 116 Å². The van der Waals surface area contributed by atoms with E-state index >= 15 is 0 Å². The van der Waals surface area contributed by atoms with E-state index in [1.165, 1.54) is 23.7 Å². The van der Waals surface area contributed by atoms with Gasteiger partial charge in [-0.15, -0.1) is 11.3 Å². The molecular weight excluding hydrogens is 288 g/mol. The highest BCUT2D eigenvalue weighted by molar-refractivity contribution is 7.09. The lowest BCUT2D eigenvalue weighted by Gasteiger charge is -2.02. The molecule has 3 rings (SSSR count). The number of hydrogen-bond donors (Lipinski definition) is 1. The summed E-state index contributed by atoms with van der Waals surface area (Å²) in [6.45, 7) is 0.483. The van der Waals surface area contributed by atoms with E-state index in [-0.39, 0.29) is 10.6 Å². The van der Waals surface area contributed by atoms with Gasteiger partial charge in [-0.05, 0) is 0 Å². The summed E-state index contributed by atoms with van der Waals surface area (Å²) in [6, 6.07) is 0. The zero-order valence-corrected chi connectivity index (χ0v) is 11.0. The molecule has 3 aromatic heterocycles. The number of rotatable bonds is 3. The van der Waals surface area contributed by atoms with Gasteiger partial charge >= 0.3 is 5.97 Å². The third kappa shape index (κ3) is 2.06. The van der Waals surface area contributed by atoms with Crippen LogP contribution < -0.4 is 0 Å². The number of fused-ring (bicyclic) bond motifs is 1. The molecule has 0 unspecified atom stereocenters. The zero-order valence-electron chi connectivity index (χ0n) is 9.45. The van der Waals surface area contributed by atoms with E-state index in [9.17, 15) is 4.79 Å². The van der Waals surface area contributed by atoms with Gasteiger partial charge in [0.2, 0.25) is 0 Å². The predicted octanol–water partition coefficient (Wildman–Crippen LogP) is 2.29. The average Bonchev–Trinajstić information content (AvgIpc) is 3.00. The van der Waals surface area contributed by atoms with Gasteiger partial charge in [0.05, 0.1) is 28.7 Å². The highest BCUT2D eigenvalue weighted by Gasteiger charge is 2.16. The van der Waals surface area contributed by atoms with Crippen LogP contribution in [-0.2, 0) is 6.54 Å². The van der Waals surface area contributed by atoms with Crippen molar-refractivity contribution in [2.75, 3.05) is 0 Å². The Morgan fingerprint density at radius 3 is 2.95 bits per heavy atom. The molecule has 1 N–H and O–H groups in total. The molecule has 0 aliphatic heterocycles. The monoisotopic (exact) mass is 294 g/mol. The lowest BCUT2D eigenvalue weighted by molar-refractivity contribution is 0.0697. The van der Waals surface area contributed by atoms with Crippen LogP contribution in [0.2, 0.25) is 5.02 Å². The van der Waals surface area contributed by atoms with E-state index < -0.39 is 5.97 Å². The highest BCUT2D eigenvalue weighted by Crippen LogP contribution is 2.25. The normalized spacial score (nSPS) is 11.0. The van der Waals surface area contributed by atoms with Crippen molar-refractivity contribution >= 4 is 39.9 Å². The number of carboxylic acids is 1. The van der Waals surface area contributed by atoms with Gasteiger partial charge in [-0.2, -0.15) is 5.10 Å². The SMILES string of the molecule is O=C(O)c1cnc2c(cnn2Cc2nccs2)c1Cl. The molecule has 0 aliphatic rings. The quantitative estimate of drug-likeness (QED) is 0.801. The van der Waals surface area contributed by atoms with Crippen molar-refractivity contribution in [2.24, 2.45) is 0 Å². The van der Waals surface area contributed by atoms with Gasteiger partial charge < -0.3 is 5.11 Å². The molecule has 0 saturated heterocycles. The lowest BCUT2D eigenvalue weighted by atomic mass is 10.2. The van der Waals surface area contributed by atoms with E-state index in [1.54, 1.807) is 10.9 Å². The Morgan fingerprint density at radius 2 is 2.26 bits per heavy atom. The first-order valence-electron chi connectivity index (χ1n) is 5.28. The third-order valence-electron chi connectivity index (χ3n) is 2.60. The van der Waals surface area contributed by atoms with E-state index in [4.69, 9.17) is 16.7 Å². The van der Waals surface area contributed by atoms with Crippen LogP contribution >= 0.6 is 22.9 Å². The van der Waals surface area contributed by atoms with Crippen molar-refractivity contribution in [3.05, 3.63) is 39.6 Å². The molecule has 0 bridgehead atoms. The highest BCUT2D eigenvalue weighted by atomic mass is 35.5. The van der Waals surface area contributed by atoms with Crippen LogP contribution in [-0.4, -0.2) is 30.8 Å². The van der Waals surface area contributed by atoms with Crippen LogP contribution in [0.25, 0.3) is 11.0 Å². The second-order valence-corrected chi connectivity index (χ2v) is 5.11. The maximum absolute atomic E-state index is 11.0. The number of thiazole rings is 1. The minimum atomic E-state index is -1.10. The van der Waals surface area contributed by atoms with Crippen LogP contribution in [0.3, 0.4) is 0 Å². The Bertz CT molecular complexity index is 753. The average molecular weight is 295 g/mol. The number of aromatic carboxylic acids is 1. The van der Waals surface area contributed by atoms with Crippen molar-refractivity contribution < 1.29 is 9.90 Å². The number of carboxylic acid groups (broad SMARTS) is 1. The smallest absolute Gasteiger partial charge is 0.338 e. The topological polar surface area (TPSA) is 80.9 Å². The van der Waals surface area contributed by atoms with Crippen molar-refractivity contribution in [1.29, 1.82) is 0 Å². The van der Waals surface area contributed by atoms with Crippen molar-refractivity contribution in [1.82, 2.24) is 19.7 Å². The van der Waals surface area contributed by atoms with E-state index in [0.717, 1.165) is 5.01 Å². The van der Waals surface area contributed by atoms with Gasteiger partial charge in [-0.1, -0.05) is 11.6 Å². The molecule has 8 heteroatoms. The summed E-state index contributed by atoms with van der Waals surface area (Å²) >= 11 is 7.56. The fraction of sp³-hybridized carbons (Fsp3) is 0.0909. The second-order valence-electron chi connectivity index (χ2n) is 3.76. The van der Waals surface area contributed by atoms with Gasteiger partial charge in [0.15, 0.2) is 5.65 Å². The third-order valence-corrected chi connectivity index (χ3v) is 3.77. The fourth-order valence-electron chi connectivity index (χ4n) is 1.72. The molecule has 3 aromatic rings. The summed E-state index contributed by atoms with van der Waals surface area (Å²) in [4.78, 5) is 19.3. The molecule has 96 valence electrons. The first-order chi connectivity index (χ1) is 9.16. The predicted molar refractivity (Wildman–Crippen MR) is 70.7 cm³/mol. The maximum Gasteiger partial charge on any atom is 0.338 e. The van der Waals surface area contributed by atoms with Crippen LogP contribution in [0, 0.1) is 0 Å². The van der Waals surface area contributed by atoms with Crippen molar-refractivity contribution in [2.45, 2.75) is 6.54 Å². The van der Waals surface area contributed by atoms with Crippen molar-refractivity contribution in [3.8, 4) is 0 Å². The van der Waals surface area contributed by atoms with Gasteiger partial charge in [0.1, 0.15) is 5.01 Å². The summed E-state index contributed by atoms with van der Waals surface area (Å²) in [5.74, 6) is -1.10. The molecule has 6 nitrogen and oxygen atoms in total. The fourth-order valence-corrected chi connectivity index (χ4v) is 2.58. The first kappa shape index (κ1) is 12.1. The van der Waals surface area contributed by atoms with E-state index in [1.807, 2.05) is 5.38 Å². The molecule has 0 fully saturated rings. The number of hydrogen-bond acceptors (Lipinski definition) is 5. The minimum Gasteiger partial charge on any atom is -0.478 e. The van der Waals surface area contributed by atoms with Crippen molar-refractivity contribution in [3.63, 3.8) is 0 Å². The standard InChI is InChI=1S/C11H7ClN4O2S/c12-9-6-4-15-16(5-8-13-1-2-19-8)10(6)14-3-7(9)11(17)18/h1-4H,5H2,(H,17,18). The molecule has 0 aliphatic carbocycles. The number of nitrogens with zero attached hydrogens (tertiary/aromatic N) is 4. The zero-order chi connectivity index (χ0) is 13.4. The number of halogens is 1. The summed E-state index contributed by atoms with van der Waals surface area (Å²) in [7, 11) is 0. The Morgan fingerprint density at radius 1 is 1.42 bits per heavy atom. The minimum absolute atomic E-state index is 0.0250. The summed E-state index contributed by atoms with van der Waals surface area (Å²) in [5.41, 5.74) is 0.521. The molecule has 19 heavy (non-hydrogen) atoms. The Balaban J connectivity index is 2.09. The van der Waals surface area contributed by atoms with E-state index in [2.05, 4.69) is 15.1 Å². The molecule has 0 amide bonds. The number of carbonyl (C=O) groups is 1. The van der Waals surface area contributed by atoms with E-state index in [0.29, 0.717) is 17.6 Å². The molecule has 3 heterocycles. The Hall–Kier alpha value is -1.99. The molecule has 0 spiro atoms. The summed E-state index contributed by atoms with van der Waals surface area (Å²) < 4.78 is 1.64.